The van der Waals surface area contributed by atoms with E-state index in [9.17, 15) is 4.79 Å². The summed E-state index contributed by atoms with van der Waals surface area (Å²) in [5.74, 6) is 0.403. The predicted molar refractivity (Wildman–Crippen MR) is 120 cm³/mol. The molecule has 1 atom stereocenters. The van der Waals surface area contributed by atoms with Gasteiger partial charge in [-0.05, 0) is 6.92 Å². The molecule has 2 saturated heterocycles. The number of fused-ring (bicyclic) bond motifs is 1. The van der Waals surface area contributed by atoms with Crippen LogP contribution in [0.4, 0.5) is 5.82 Å². The summed E-state index contributed by atoms with van der Waals surface area (Å²) in [7, 11) is 1.63. The summed E-state index contributed by atoms with van der Waals surface area (Å²) in [5.41, 5.74) is 1.23. The molecule has 33 heavy (non-hydrogen) atoms. The average Bonchev–Trinajstić information content (AvgIpc) is 3.43. The van der Waals surface area contributed by atoms with E-state index in [1.54, 1.807) is 30.1 Å². The van der Waals surface area contributed by atoms with E-state index in [0.717, 1.165) is 5.39 Å². The van der Waals surface area contributed by atoms with E-state index >= 15 is 0 Å². The molecular formula is C23H27N5O5. The topological polar surface area (TPSA) is 110 Å². The molecule has 5 rings (SSSR count). The summed E-state index contributed by atoms with van der Waals surface area (Å²) in [5, 5.41) is 7.73. The molecule has 0 aliphatic carbocycles. The summed E-state index contributed by atoms with van der Waals surface area (Å²) >= 11 is 0. The van der Waals surface area contributed by atoms with E-state index in [1.807, 2.05) is 13.0 Å². The van der Waals surface area contributed by atoms with Gasteiger partial charge >= 0.3 is 0 Å². The van der Waals surface area contributed by atoms with E-state index in [0.29, 0.717) is 73.8 Å². The lowest BCUT2D eigenvalue weighted by atomic mass is 9.97. The quantitative estimate of drug-likeness (QED) is 0.577. The monoisotopic (exact) mass is 456 g/mol. The number of nitrogens with zero attached hydrogens (tertiary/aromatic N) is 4. The number of amides is 1. The van der Waals surface area contributed by atoms with Crippen molar-refractivity contribution < 1.29 is 27.9 Å². The Morgan fingerprint density at radius 1 is 1.36 bits per heavy atom. The van der Waals surface area contributed by atoms with Crippen LogP contribution in [0.25, 0.3) is 16.7 Å². The lowest BCUT2D eigenvalue weighted by molar-refractivity contribution is -0.114. The normalized spacial score (nSPS) is 22.4. The van der Waals surface area contributed by atoms with Crippen LogP contribution in [0.2, 0.25) is 0 Å². The largest absolute Gasteiger partial charge is 0.493 e. The molecule has 0 unspecified atom stereocenters. The highest BCUT2D eigenvalue weighted by Gasteiger charge is 2.39. The van der Waals surface area contributed by atoms with Crippen molar-refractivity contribution in [1.29, 1.82) is 0 Å². The first-order valence-corrected chi connectivity index (χ1v) is 10.7. The van der Waals surface area contributed by atoms with Crippen molar-refractivity contribution in [2.75, 3.05) is 45.5 Å². The van der Waals surface area contributed by atoms with Gasteiger partial charge in [-0.2, -0.15) is 5.10 Å². The van der Waals surface area contributed by atoms with Gasteiger partial charge in [-0.25, -0.2) is 14.6 Å². The molecule has 0 spiro atoms. The number of hydrogen-bond donors (Lipinski definition) is 1. The molecule has 174 valence electrons. The molecular weight excluding hydrogens is 426 g/mol. The minimum Gasteiger partial charge on any atom is -0.493 e. The standard InChI is InChI=1S/C23H27N5O5/c1-14-18-9-24-21(25-15(2)29)8-19(18)28(27-14)22-7-17(33-12-16-10-32-11-16)6-20(26-22)23(30-3)4-5-31-13-23/h6-9,16H,4-5,10-13H2,1-3H3,(H,24,25,29)/t23-/m0/s1/i2D3. The van der Waals surface area contributed by atoms with Gasteiger partial charge in [0.15, 0.2) is 5.82 Å². The molecule has 1 N–H and O–H groups in total. The van der Waals surface area contributed by atoms with E-state index in [1.165, 1.54) is 0 Å². The SMILES string of the molecule is [2H]C([2H])([2H])C(=O)Nc1cc2c(cn1)c(C)nn2-c1cc(OCC2COC2)cc([C@]2(OC)CCOC2)n1. The number of hydrogen-bond acceptors (Lipinski definition) is 8. The molecule has 0 aromatic carbocycles. The third kappa shape index (κ3) is 4.17. The molecule has 0 saturated carbocycles. The van der Waals surface area contributed by atoms with Gasteiger partial charge in [0.25, 0.3) is 0 Å². The molecule has 2 aliphatic rings. The van der Waals surface area contributed by atoms with Crippen molar-refractivity contribution in [1.82, 2.24) is 19.7 Å². The Balaban J connectivity index is 1.57. The highest BCUT2D eigenvalue weighted by Crippen LogP contribution is 2.36. The van der Waals surface area contributed by atoms with Crippen LogP contribution in [0.3, 0.4) is 0 Å². The number of ether oxygens (including phenoxy) is 4. The third-order valence-electron chi connectivity index (χ3n) is 6.03. The predicted octanol–water partition coefficient (Wildman–Crippen LogP) is 2.37. The van der Waals surface area contributed by atoms with Crippen LogP contribution in [0.15, 0.2) is 24.4 Å². The maximum atomic E-state index is 12.0. The highest BCUT2D eigenvalue weighted by molar-refractivity contribution is 5.91. The zero-order valence-electron chi connectivity index (χ0n) is 21.5. The minimum absolute atomic E-state index is 0.0972. The minimum atomic E-state index is -2.79. The van der Waals surface area contributed by atoms with Gasteiger partial charge in [-0.15, -0.1) is 0 Å². The van der Waals surface area contributed by atoms with E-state index in [2.05, 4.69) is 15.4 Å². The van der Waals surface area contributed by atoms with Gasteiger partial charge in [0.05, 0.1) is 43.3 Å². The third-order valence-corrected chi connectivity index (χ3v) is 6.03. The van der Waals surface area contributed by atoms with Crippen molar-refractivity contribution in [2.45, 2.75) is 25.8 Å². The van der Waals surface area contributed by atoms with Gasteiger partial charge in [-0.1, -0.05) is 0 Å². The second-order valence-electron chi connectivity index (χ2n) is 8.30. The van der Waals surface area contributed by atoms with Gasteiger partial charge in [-0.3, -0.25) is 4.79 Å². The average molecular weight is 457 g/mol. The highest BCUT2D eigenvalue weighted by atomic mass is 16.5. The second-order valence-corrected chi connectivity index (χ2v) is 8.30. The molecule has 2 aliphatic heterocycles. The fourth-order valence-electron chi connectivity index (χ4n) is 4.04. The second kappa shape index (κ2) is 8.69. The van der Waals surface area contributed by atoms with Crippen molar-refractivity contribution in [2.24, 2.45) is 5.92 Å². The molecule has 3 aromatic rings. The molecule has 1 amide bonds. The van der Waals surface area contributed by atoms with E-state index in [4.69, 9.17) is 28.0 Å². The van der Waals surface area contributed by atoms with Gasteiger partial charge in [0.1, 0.15) is 17.2 Å². The number of anilines is 1. The maximum Gasteiger partial charge on any atom is 0.222 e. The first-order valence-electron chi connectivity index (χ1n) is 12.2. The van der Waals surface area contributed by atoms with Crippen molar-refractivity contribution in [3.05, 3.63) is 35.8 Å². The summed E-state index contributed by atoms with van der Waals surface area (Å²) < 4.78 is 46.4. The number of carbonyl (C=O) groups excluding carboxylic acids is 1. The number of pyridine rings is 2. The van der Waals surface area contributed by atoms with Crippen LogP contribution in [0.1, 0.15) is 28.8 Å². The van der Waals surface area contributed by atoms with Crippen LogP contribution in [0.5, 0.6) is 5.75 Å². The zero-order chi connectivity index (χ0) is 25.5. The number of nitrogens with one attached hydrogen (secondary N) is 1. The summed E-state index contributed by atoms with van der Waals surface area (Å²) in [6.45, 7) is 1.80. The lowest BCUT2D eigenvalue weighted by Crippen LogP contribution is -2.33. The Morgan fingerprint density at radius 2 is 2.24 bits per heavy atom. The first-order chi connectivity index (χ1) is 17.2. The summed E-state index contributed by atoms with van der Waals surface area (Å²) in [6, 6.07) is 5.23. The first kappa shape index (κ1) is 18.4. The number of methoxy groups -OCH3 is 1. The van der Waals surface area contributed by atoms with Crippen molar-refractivity contribution in [3.63, 3.8) is 0 Å². The van der Waals surface area contributed by atoms with Crippen molar-refractivity contribution >= 4 is 22.6 Å². The Hall–Kier alpha value is -3.08. The van der Waals surface area contributed by atoms with Gasteiger partial charge < -0.3 is 24.3 Å². The molecule has 3 aromatic heterocycles. The smallest absolute Gasteiger partial charge is 0.222 e. The summed E-state index contributed by atoms with van der Waals surface area (Å²) in [4.78, 5) is 21.1. The van der Waals surface area contributed by atoms with Crippen LogP contribution >= 0.6 is 0 Å². The number of rotatable bonds is 7. The molecule has 2 fully saturated rings. The zero-order valence-corrected chi connectivity index (χ0v) is 18.5. The molecule has 10 heteroatoms. The van der Waals surface area contributed by atoms with Crippen LogP contribution in [0, 0.1) is 12.8 Å². The number of aryl methyl sites for hydroxylation is 1. The Kier molecular flexibility index (Phi) is 4.84. The van der Waals surface area contributed by atoms with Crippen LogP contribution in [-0.4, -0.2) is 65.8 Å². The fraction of sp³-hybridized carbons (Fsp3) is 0.478. The van der Waals surface area contributed by atoms with Crippen LogP contribution in [-0.2, 0) is 24.6 Å². The molecule has 0 bridgehead atoms. The Morgan fingerprint density at radius 3 is 2.94 bits per heavy atom. The summed E-state index contributed by atoms with van der Waals surface area (Å²) in [6.07, 6.45) is 2.19. The fourth-order valence-corrected chi connectivity index (χ4v) is 4.04. The molecule has 0 radical (unpaired) electrons. The van der Waals surface area contributed by atoms with E-state index in [-0.39, 0.29) is 5.82 Å². The molecule has 10 nitrogen and oxygen atoms in total. The maximum absolute atomic E-state index is 12.0. The Labute approximate surface area is 195 Å². The lowest BCUT2D eigenvalue weighted by Gasteiger charge is -2.28. The Bertz CT molecular complexity index is 1290. The number of carbonyl (C=O) groups is 1. The van der Waals surface area contributed by atoms with E-state index < -0.39 is 18.4 Å². The number of aromatic nitrogens is 4. The van der Waals surface area contributed by atoms with Gasteiger partial charge in [0.2, 0.25) is 5.91 Å². The van der Waals surface area contributed by atoms with Crippen LogP contribution < -0.4 is 10.1 Å². The van der Waals surface area contributed by atoms with Gasteiger partial charge in [0, 0.05) is 66.8 Å². The van der Waals surface area contributed by atoms with Crippen molar-refractivity contribution in [3.8, 4) is 11.6 Å². The molecule has 5 heterocycles.